The molecule has 1 aromatic heterocycles. The molecule has 9 heteroatoms. The molecule has 2 aliphatic rings. The third-order valence-corrected chi connectivity index (χ3v) is 6.29. The number of nitrogens with one attached hydrogen (secondary N) is 2. The van der Waals surface area contributed by atoms with Crippen LogP contribution < -0.4 is 15.5 Å². The smallest absolute Gasteiger partial charge is 0.229 e. The lowest BCUT2D eigenvalue weighted by Crippen LogP contribution is -2.44. The van der Waals surface area contributed by atoms with Gasteiger partial charge in [-0.15, -0.1) is 0 Å². The summed E-state index contributed by atoms with van der Waals surface area (Å²) in [6, 6.07) is 6.37. The number of piperazine rings is 1. The van der Waals surface area contributed by atoms with Gasteiger partial charge in [-0.25, -0.2) is 4.98 Å². The molecule has 33 heavy (non-hydrogen) atoms. The van der Waals surface area contributed by atoms with Gasteiger partial charge in [-0.1, -0.05) is 11.6 Å². The molecule has 2 fully saturated rings. The van der Waals surface area contributed by atoms with Crippen LogP contribution in [0.25, 0.3) is 0 Å². The normalized spacial score (nSPS) is 19.3. The highest BCUT2D eigenvalue weighted by Gasteiger charge is 2.19. The van der Waals surface area contributed by atoms with Gasteiger partial charge in [0.1, 0.15) is 5.02 Å². The first-order valence-corrected chi connectivity index (χ1v) is 12.2. The fourth-order valence-corrected chi connectivity index (χ4v) is 4.25. The lowest BCUT2D eigenvalue weighted by atomic mass is 10.1. The van der Waals surface area contributed by atoms with Crippen LogP contribution in [0.4, 0.5) is 23.1 Å². The Labute approximate surface area is 201 Å². The molecule has 0 bridgehead atoms. The minimum Gasteiger partial charge on any atom is -0.376 e. The van der Waals surface area contributed by atoms with Crippen LogP contribution in [0.2, 0.25) is 5.02 Å². The molecule has 2 aliphatic heterocycles. The first kappa shape index (κ1) is 24.0. The third kappa shape index (κ3) is 6.69. The zero-order valence-electron chi connectivity index (χ0n) is 19.8. The van der Waals surface area contributed by atoms with E-state index in [1.165, 1.54) is 5.69 Å². The van der Waals surface area contributed by atoms with Crippen molar-refractivity contribution in [2.45, 2.75) is 45.5 Å². The SMILES string of the molecule is CC(C)OCc1cc(Nc2ncc(Cl)c(NC[C@H]3CCCO3)n2)ccc1N1CCN(C)CC1. The van der Waals surface area contributed by atoms with Gasteiger partial charge in [0.05, 0.1) is 25.0 Å². The van der Waals surface area contributed by atoms with Crippen LogP contribution in [0.3, 0.4) is 0 Å². The van der Waals surface area contributed by atoms with E-state index in [0.717, 1.165) is 56.9 Å². The molecule has 4 rings (SSSR count). The molecule has 0 saturated carbocycles. The number of likely N-dealkylation sites (N-methyl/N-ethyl adjacent to an activating group) is 1. The first-order valence-electron chi connectivity index (χ1n) is 11.8. The van der Waals surface area contributed by atoms with Crippen LogP contribution in [-0.4, -0.2) is 73.5 Å². The highest BCUT2D eigenvalue weighted by atomic mass is 35.5. The van der Waals surface area contributed by atoms with Crippen molar-refractivity contribution in [2.75, 3.05) is 61.9 Å². The molecular weight excluding hydrogens is 440 g/mol. The predicted molar refractivity (Wildman–Crippen MR) is 134 cm³/mol. The molecule has 1 atom stereocenters. The Morgan fingerprint density at radius 3 is 2.79 bits per heavy atom. The van der Waals surface area contributed by atoms with Crippen LogP contribution in [0.5, 0.6) is 0 Å². The number of rotatable bonds is 9. The van der Waals surface area contributed by atoms with E-state index in [-0.39, 0.29) is 12.2 Å². The summed E-state index contributed by atoms with van der Waals surface area (Å²) < 4.78 is 11.6. The molecular formula is C24H35ClN6O2. The summed E-state index contributed by atoms with van der Waals surface area (Å²) in [6.07, 6.45) is 4.15. The van der Waals surface area contributed by atoms with E-state index in [9.17, 15) is 0 Å². The van der Waals surface area contributed by atoms with Gasteiger partial charge in [0, 0.05) is 56.3 Å². The van der Waals surface area contributed by atoms with E-state index in [0.29, 0.717) is 29.9 Å². The average molecular weight is 475 g/mol. The molecule has 0 radical (unpaired) electrons. The number of halogens is 1. The molecule has 8 nitrogen and oxygen atoms in total. The Bertz CT molecular complexity index is 914. The second-order valence-corrected chi connectivity index (χ2v) is 9.43. The van der Waals surface area contributed by atoms with Gasteiger partial charge < -0.3 is 29.9 Å². The van der Waals surface area contributed by atoms with Crippen LogP contribution >= 0.6 is 11.6 Å². The Kier molecular flexibility index (Phi) is 8.25. The molecule has 0 spiro atoms. The summed E-state index contributed by atoms with van der Waals surface area (Å²) in [6.45, 7) is 10.3. The van der Waals surface area contributed by atoms with E-state index >= 15 is 0 Å². The van der Waals surface area contributed by atoms with Crippen molar-refractivity contribution in [1.82, 2.24) is 14.9 Å². The number of aromatic nitrogens is 2. The van der Waals surface area contributed by atoms with E-state index < -0.39 is 0 Å². The Morgan fingerprint density at radius 1 is 1.24 bits per heavy atom. The quantitative estimate of drug-likeness (QED) is 0.561. The fraction of sp³-hybridized carbons (Fsp3) is 0.583. The van der Waals surface area contributed by atoms with Gasteiger partial charge in [0.25, 0.3) is 0 Å². The van der Waals surface area contributed by atoms with Crippen molar-refractivity contribution >= 4 is 34.7 Å². The lowest BCUT2D eigenvalue weighted by Gasteiger charge is -2.35. The van der Waals surface area contributed by atoms with Gasteiger partial charge >= 0.3 is 0 Å². The Hall–Kier alpha value is -2.13. The van der Waals surface area contributed by atoms with Crippen molar-refractivity contribution in [3.05, 3.63) is 35.0 Å². The molecule has 0 unspecified atom stereocenters. The highest BCUT2D eigenvalue weighted by Crippen LogP contribution is 2.28. The molecule has 3 heterocycles. The number of benzene rings is 1. The van der Waals surface area contributed by atoms with Crippen molar-refractivity contribution in [2.24, 2.45) is 0 Å². The van der Waals surface area contributed by atoms with Crippen molar-refractivity contribution < 1.29 is 9.47 Å². The maximum absolute atomic E-state index is 6.32. The summed E-state index contributed by atoms with van der Waals surface area (Å²) in [5.74, 6) is 1.11. The van der Waals surface area contributed by atoms with Crippen LogP contribution in [-0.2, 0) is 16.1 Å². The van der Waals surface area contributed by atoms with Gasteiger partial charge in [0.2, 0.25) is 5.95 Å². The van der Waals surface area contributed by atoms with Gasteiger partial charge in [-0.05, 0) is 51.9 Å². The number of hydrogen-bond acceptors (Lipinski definition) is 8. The number of ether oxygens (including phenoxy) is 2. The Balaban J connectivity index is 1.48. The monoisotopic (exact) mass is 474 g/mol. The highest BCUT2D eigenvalue weighted by molar-refractivity contribution is 6.32. The molecule has 1 aromatic carbocycles. The molecule has 0 amide bonds. The van der Waals surface area contributed by atoms with E-state index in [4.69, 9.17) is 21.1 Å². The predicted octanol–water partition coefficient (Wildman–Crippen LogP) is 4.14. The standard InChI is InChI=1S/C24H35ClN6O2/c1-17(2)33-16-18-13-19(6-7-22(18)31-10-8-30(3)9-11-31)28-24-27-15-21(25)23(29-24)26-14-20-5-4-12-32-20/h6-7,13,15,17,20H,4-5,8-12,14,16H2,1-3H3,(H2,26,27,28,29)/t20-/m1/s1. The minimum atomic E-state index is 0.166. The number of hydrogen-bond donors (Lipinski definition) is 2. The summed E-state index contributed by atoms with van der Waals surface area (Å²) in [5, 5.41) is 7.13. The molecule has 2 saturated heterocycles. The van der Waals surface area contributed by atoms with Gasteiger partial charge in [-0.3, -0.25) is 0 Å². The van der Waals surface area contributed by atoms with Crippen molar-refractivity contribution in [3.63, 3.8) is 0 Å². The molecule has 180 valence electrons. The molecule has 0 aliphatic carbocycles. The minimum absolute atomic E-state index is 0.166. The summed E-state index contributed by atoms with van der Waals surface area (Å²) in [5.41, 5.74) is 3.30. The van der Waals surface area contributed by atoms with Gasteiger partial charge in [-0.2, -0.15) is 4.98 Å². The maximum atomic E-state index is 6.32. The summed E-state index contributed by atoms with van der Waals surface area (Å²) in [4.78, 5) is 13.8. The van der Waals surface area contributed by atoms with E-state index in [1.54, 1.807) is 6.20 Å². The average Bonchev–Trinajstić information content (AvgIpc) is 3.32. The zero-order valence-corrected chi connectivity index (χ0v) is 20.6. The van der Waals surface area contributed by atoms with Crippen LogP contribution in [0.1, 0.15) is 32.3 Å². The summed E-state index contributed by atoms with van der Waals surface area (Å²) in [7, 11) is 2.17. The second-order valence-electron chi connectivity index (χ2n) is 9.02. The fourth-order valence-electron chi connectivity index (χ4n) is 4.09. The topological polar surface area (TPSA) is 74.8 Å². The van der Waals surface area contributed by atoms with Gasteiger partial charge in [0.15, 0.2) is 5.82 Å². The second kappa shape index (κ2) is 11.3. The number of anilines is 4. The van der Waals surface area contributed by atoms with E-state index in [1.807, 2.05) is 0 Å². The number of nitrogens with zero attached hydrogens (tertiary/aromatic N) is 4. The summed E-state index contributed by atoms with van der Waals surface area (Å²) >= 11 is 6.32. The van der Waals surface area contributed by atoms with Crippen LogP contribution in [0, 0.1) is 0 Å². The third-order valence-electron chi connectivity index (χ3n) is 6.02. The lowest BCUT2D eigenvalue weighted by molar-refractivity contribution is 0.0659. The zero-order chi connectivity index (χ0) is 23.2. The first-order chi connectivity index (χ1) is 16.0. The van der Waals surface area contributed by atoms with Crippen molar-refractivity contribution in [3.8, 4) is 0 Å². The van der Waals surface area contributed by atoms with Crippen LogP contribution in [0.15, 0.2) is 24.4 Å². The largest absolute Gasteiger partial charge is 0.376 e. The van der Waals surface area contributed by atoms with E-state index in [2.05, 4.69) is 69.5 Å². The molecule has 2 aromatic rings. The molecule has 2 N–H and O–H groups in total. The van der Waals surface area contributed by atoms with Crippen molar-refractivity contribution in [1.29, 1.82) is 0 Å². The Morgan fingerprint density at radius 2 is 2.06 bits per heavy atom. The maximum Gasteiger partial charge on any atom is 0.229 e.